The topological polar surface area (TPSA) is 49.7 Å². The van der Waals surface area contributed by atoms with Gasteiger partial charge in [-0.3, -0.25) is 9.79 Å². The van der Waals surface area contributed by atoms with Crippen LogP contribution in [0.1, 0.15) is 60.3 Å². The highest BCUT2D eigenvalue weighted by molar-refractivity contribution is 6.23. The van der Waals surface area contributed by atoms with Crippen LogP contribution in [0.2, 0.25) is 0 Å². The summed E-state index contributed by atoms with van der Waals surface area (Å²) in [4.78, 5) is 16.8. The van der Waals surface area contributed by atoms with E-state index in [9.17, 15) is 9.90 Å². The minimum Gasteiger partial charge on any atom is -0.511 e. The molecule has 0 saturated carbocycles. The molecule has 0 radical (unpaired) electrons. The van der Waals surface area contributed by atoms with Crippen LogP contribution in [0.4, 0.5) is 0 Å². The Morgan fingerprint density at radius 1 is 1.39 bits per heavy atom. The summed E-state index contributed by atoms with van der Waals surface area (Å²) in [6, 6.07) is 0.197. The van der Waals surface area contributed by atoms with Crippen LogP contribution in [0.15, 0.2) is 16.3 Å². The Balaban J connectivity index is 3.13. The van der Waals surface area contributed by atoms with Crippen molar-refractivity contribution in [3.8, 4) is 0 Å². The molecule has 1 rings (SSSR count). The molecule has 0 amide bonds. The molecule has 0 spiro atoms. The molecule has 0 aliphatic heterocycles. The molecule has 0 aromatic carbocycles. The standard InChI is InChI=1S/C15H25NO2/c1-6-10(3)16-11(7-2)14-12(17)8-15(4,5)9-13(14)18/h10,17H,6-9H2,1-5H3. The van der Waals surface area contributed by atoms with Gasteiger partial charge >= 0.3 is 0 Å². The van der Waals surface area contributed by atoms with E-state index in [4.69, 9.17) is 0 Å². The quantitative estimate of drug-likeness (QED) is 0.772. The second kappa shape index (κ2) is 5.68. The zero-order valence-electron chi connectivity index (χ0n) is 12.2. The normalized spacial score (nSPS) is 22.3. The molecule has 1 atom stereocenters. The van der Waals surface area contributed by atoms with Crippen LogP contribution >= 0.6 is 0 Å². The van der Waals surface area contributed by atoms with Crippen LogP contribution < -0.4 is 0 Å². The maximum atomic E-state index is 12.2. The molecule has 0 saturated heterocycles. The maximum absolute atomic E-state index is 12.2. The fourth-order valence-electron chi connectivity index (χ4n) is 2.31. The van der Waals surface area contributed by atoms with Crippen molar-refractivity contribution in [2.75, 3.05) is 0 Å². The molecule has 1 aliphatic carbocycles. The first-order chi connectivity index (χ1) is 8.30. The Morgan fingerprint density at radius 2 is 2.00 bits per heavy atom. The second-order valence-electron chi connectivity index (χ2n) is 5.95. The first kappa shape index (κ1) is 14.9. The SMILES string of the molecule is CCC(=NC(C)CC)C1=C(O)CC(C)(C)CC1=O. The number of ketones is 1. The van der Waals surface area contributed by atoms with Crippen molar-refractivity contribution < 1.29 is 9.90 Å². The van der Waals surface area contributed by atoms with Gasteiger partial charge < -0.3 is 5.11 Å². The Morgan fingerprint density at radius 3 is 2.44 bits per heavy atom. The Hall–Kier alpha value is -1.12. The number of nitrogens with zero attached hydrogens (tertiary/aromatic N) is 1. The number of carbonyl (C=O) groups is 1. The molecule has 102 valence electrons. The summed E-state index contributed by atoms with van der Waals surface area (Å²) in [5.74, 6) is 0.257. The summed E-state index contributed by atoms with van der Waals surface area (Å²) in [6.07, 6.45) is 2.69. The number of aliphatic imine (C=N–C) groups is 1. The van der Waals surface area contributed by atoms with Crippen LogP contribution in [0.5, 0.6) is 0 Å². The molecule has 0 aromatic rings. The minimum atomic E-state index is -0.139. The Kier molecular flexibility index (Phi) is 4.71. The minimum absolute atomic E-state index is 0.0349. The molecule has 3 heteroatoms. The summed E-state index contributed by atoms with van der Waals surface area (Å²) >= 11 is 0. The predicted octanol–water partition coefficient (Wildman–Crippen LogP) is 3.84. The average molecular weight is 251 g/mol. The maximum Gasteiger partial charge on any atom is 0.168 e. The van der Waals surface area contributed by atoms with Crippen LogP contribution in [-0.2, 0) is 4.79 Å². The Labute approximate surface area is 110 Å². The van der Waals surface area contributed by atoms with E-state index in [1.54, 1.807) is 0 Å². The number of hydrogen-bond acceptors (Lipinski definition) is 3. The zero-order chi connectivity index (χ0) is 13.9. The van der Waals surface area contributed by atoms with Gasteiger partial charge in [0.25, 0.3) is 0 Å². The summed E-state index contributed by atoms with van der Waals surface area (Å²) in [5.41, 5.74) is 1.11. The molecule has 3 nitrogen and oxygen atoms in total. The molecule has 18 heavy (non-hydrogen) atoms. The number of aliphatic hydroxyl groups is 1. The lowest BCUT2D eigenvalue weighted by Gasteiger charge is -2.30. The third kappa shape index (κ3) is 3.44. The fourth-order valence-corrected chi connectivity index (χ4v) is 2.31. The van der Waals surface area contributed by atoms with Crippen LogP contribution in [0, 0.1) is 5.41 Å². The first-order valence-electron chi connectivity index (χ1n) is 6.83. The van der Waals surface area contributed by atoms with Gasteiger partial charge in [0.15, 0.2) is 5.78 Å². The fraction of sp³-hybridized carbons (Fsp3) is 0.733. The average Bonchev–Trinajstić information content (AvgIpc) is 2.24. The highest BCUT2D eigenvalue weighted by Gasteiger charge is 2.34. The highest BCUT2D eigenvalue weighted by Crippen LogP contribution is 2.36. The largest absolute Gasteiger partial charge is 0.511 e. The van der Waals surface area contributed by atoms with E-state index in [0.29, 0.717) is 24.8 Å². The monoisotopic (exact) mass is 251 g/mol. The van der Waals surface area contributed by atoms with E-state index in [2.05, 4.69) is 11.9 Å². The molecular weight excluding hydrogens is 226 g/mol. The smallest absolute Gasteiger partial charge is 0.168 e. The van der Waals surface area contributed by atoms with E-state index >= 15 is 0 Å². The van der Waals surface area contributed by atoms with E-state index in [-0.39, 0.29) is 23.0 Å². The van der Waals surface area contributed by atoms with Crippen molar-refractivity contribution in [2.24, 2.45) is 10.4 Å². The highest BCUT2D eigenvalue weighted by atomic mass is 16.3. The van der Waals surface area contributed by atoms with Crippen LogP contribution in [0.3, 0.4) is 0 Å². The van der Waals surface area contributed by atoms with Crippen molar-refractivity contribution >= 4 is 11.5 Å². The van der Waals surface area contributed by atoms with E-state index < -0.39 is 0 Å². The number of aliphatic hydroxyl groups excluding tert-OH is 1. The van der Waals surface area contributed by atoms with Crippen LogP contribution in [-0.4, -0.2) is 22.6 Å². The van der Waals surface area contributed by atoms with E-state index in [1.807, 2.05) is 27.7 Å². The van der Waals surface area contributed by atoms with E-state index in [0.717, 1.165) is 12.1 Å². The van der Waals surface area contributed by atoms with Crippen molar-refractivity contribution in [1.82, 2.24) is 0 Å². The summed E-state index contributed by atoms with van der Waals surface area (Å²) in [5, 5.41) is 10.1. The molecule has 0 aromatic heterocycles. The first-order valence-corrected chi connectivity index (χ1v) is 6.83. The predicted molar refractivity (Wildman–Crippen MR) is 75.2 cm³/mol. The molecular formula is C15H25NO2. The van der Waals surface area contributed by atoms with Crippen molar-refractivity contribution in [2.45, 2.75) is 66.3 Å². The van der Waals surface area contributed by atoms with Gasteiger partial charge in [0.05, 0.1) is 5.57 Å². The zero-order valence-corrected chi connectivity index (χ0v) is 12.2. The van der Waals surface area contributed by atoms with E-state index in [1.165, 1.54) is 0 Å². The second-order valence-corrected chi connectivity index (χ2v) is 5.95. The van der Waals surface area contributed by atoms with Crippen molar-refractivity contribution in [3.63, 3.8) is 0 Å². The number of allylic oxidation sites excluding steroid dienone is 2. The number of Topliss-reactive ketones (excluding diaryl/α,β-unsaturated/α-hetero) is 1. The van der Waals surface area contributed by atoms with Crippen molar-refractivity contribution in [1.29, 1.82) is 0 Å². The van der Waals surface area contributed by atoms with Gasteiger partial charge in [-0.1, -0.05) is 27.7 Å². The van der Waals surface area contributed by atoms with Gasteiger partial charge in [-0.2, -0.15) is 0 Å². The molecule has 1 N–H and O–H groups in total. The summed E-state index contributed by atoms with van der Waals surface area (Å²) in [7, 11) is 0. The summed E-state index contributed by atoms with van der Waals surface area (Å²) < 4.78 is 0. The number of hydrogen-bond donors (Lipinski definition) is 1. The molecule has 0 fully saturated rings. The Bertz CT molecular complexity index is 391. The van der Waals surface area contributed by atoms with Crippen molar-refractivity contribution in [3.05, 3.63) is 11.3 Å². The number of rotatable bonds is 4. The molecule has 1 aliphatic rings. The van der Waals surface area contributed by atoms with Gasteiger partial charge in [-0.15, -0.1) is 0 Å². The lowest BCUT2D eigenvalue weighted by molar-refractivity contribution is -0.117. The number of carbonyl (C=O) groups excluding carboxylic acids is 1. The third-order valence-corrected chi connectivity index (χ3v) is 3.44. The van der Waals surface area contributed by atoms with Gasteiger partial charge in [-0.25, -0.2) is 0 Å². The van der Waals surface area contributed by atoms with Gasteiger partial charge in [0.1, 0.15) is 5.76 Å². The summed E-state index contributed by atoms with van der Waals surface area (Å²) in [6.45, 7) is 10.1. The lowest BCUT2D eigenvalue weighted by atomic mass is 9.75. The molecule has 0 heterocycles. The van der Waals surface area contributed by atoms with Gasteiger partial charge in [-0.05, 0) is 25.2 Å². The lowest BCUT2D eigenvalue weighted by Crippen LogP contribution is -2.29. The van der Waals surface area contributed by atoms with Gasteiger partial charge in [0, 0.05) is 24.6 Å². The molecule has 1 unspecified atom stereocenters. The third-order valence-electron chi connectivity index (χ3n) is 3.44. The van der Waals surface area contributed by atoms with Gasteiger partial charge in [0.2, 0.25) is 0 Å². The molecule has 0 bridgehead atoms. The van der Waals surface area contributed by atoms with Crippen LogP contribution in [0.25, 0.3) is 0 Å².